The fourth-order valence-corrected chi connectivity index (χ4v) is 2.06. The van der Waals surface area contributed by atoms with E-state index in [2.05, 4.69) is 0 Å². The van der Waals surface area contributed by atoms with Gasteiger partial charge in [0.2, 0.25) is 0 Å². The molecule has 0 bridgehead atoms. The zero-order chi connectivity index (χ0) is 14.9. The number of benzene rings is 1. The monoisotopic (exact) mass is 279 g/mol. The molecule has 20 heavy (non-hydrogen) atoms. The van der Waals surface area contributed by atoms with Gasteiger partial charge in [-0.3, -0.25) is 14.4 Å². The van der Waals surface area contributed by atoms with Crippen LogP contribution in [0.15, 0.2) is 18.2 Å². The zero-order valence-electron chi connectivity index (χ0n) is 10.7. The highest BCUT2D eigenvalue weighted by Gasteiger charge is 2.37. The molecule has 1 atom stereocenters. The number of methoxy groups -OCH3 is 1. The predicted molar refractivity (Wildman–Crippen MR) is 67.9 cm³/mol. The van der Waals surface area contributed by atoms with Gasteiger partial charge < -0.3 is 19.8 Å². The number of β-amino-alcohol motifs (C(OH)–C–C–N with tert-alkyl or cyclic N) is 1. The van der Waals surface area contributed by atoms with E-state index in [1.807, 2.05) is 0 Å². The van der Waals surface area contributed by atoms with E-state index in [0.29, 0.717) is 11.4 Å². The van der Waals surface area contributed by atoms with Crippen molar-refractivity contribution < 1.29 is 29.3 Å². The minimum atomic E-state index is -1.25. The molecule has 1 aliphatic rings. The smallest absolute Gasteiger partial charge is 0.306 e. The van der Waals surface area contributed by atoms with E-state index in [1.165, 1.54) is 19.2 Å². The number of fused-ring (bicyclic) bond motifs is 1. The number of carboxylic acid groups (broad SMARTS) is 1. The summed E-state index contributed by atoms with van der Waals surface area (Å²) < 4.78 is 5.02. The van der Waals surface area contributed by atoms with Gasteiger partial charge in [0.1, 0.15) is 5.75 Å². The van der Waals surface area contributed by atoms with Crippen LogP contribution in [0.4, 0.5) is 5.69 Å². The van der Waals surface area contributed by atoms with E-state index in [1.54, 1.807) is 6.07 Å². The largest absolute Gasteiger partial charge is 0.497 e. The lowest BCUT2D eigenvalue weighted by Gasteiger charge is -2.19. The first-order chi connectivity index (χ1) is 9.43. The second-order valence-corrected chi connectivity index (χ2v) is 4.38. The van der Waals surface area contributed by atoms with Crippen molar-refractivity contribution in [3.8, 4) is 5.75 Å². The van der Waals surface area contributed by atoms with Crippen molar-refractivity contribution in [2.45, 2.75) is 12.5 Å². The van der Waals surface area contributed by atoms with Gasteiger partial charge in [-0.1, -0.05) is 0 Å². The average molecular weight is 279 g/mol. The topological polar surface area (TPSA) is 104 Å². The second kappa shape index (κ2) is 5.30. The molecule has 0 aliphatic carbocycles. The first-order valence-electron chi connectivity index (χ1n) is 5.88. The van der Waals surface area contributed by atoms with Crippen molar-refractivity contribution >= 4 is 23.3 Å². The first-order valence-corrected chi connectivity index (χ1v) is 5.88. The Morgan fingerprint density at radius 1 is 1.40 bits per heavy atom. The fraction of sp³-hybridized carbons (Fsp3) is 0.308. The Morgan fingerprint density at radius 3 is 2.70 bits per heavy atom. The standard InChI is InChI=1S/C13H13NO6/c1-20-8-2-3-9-10(5-8)14(13(19)12(9)18)6-7(15)4-11(16)17/h2-3,5,7,15H,4,6H2,1H3,(H,16,17). The maximum Gasteiger partial charge on any atom is 0.306 e. The van der Waals surface area contributed by atoms with Crippen LogP contribution in [0, 0.1) is 0 Å². The average Bonchev–Trinajstić information content (AvgIpc) is 2.62. The van der Waals surface area contributed by atoms with Crippen molar-refractivity contribution in [2.24, 2.45) is 0 Å². The lowest BCUT2D eigenvalue weighted by Crippen LogP contribution is -2.37. The van der Waals surface area contributed by atoms with Crippen LogP contribution in [0.5, 0.6) is 5.75 Å². The Bertz CT molecular complexity index is 582. The minimum Gasteiger partial charge on any atom is -0.497 e. The summed E-state index contributed by atoms with van der Waals surface area (Å²) in [4.78, 5) is 35.2. The number of rotatable bonds is 5. The Labute approximate surface area is 114 Å². The van der Waals surface area contributed by atoms with Crippen molar-refractivity contribution in [3.63, 3.8) is 0 Å². The van der Waals surface area contributed by atoms with Crippen LogP contribution in [-0.4, -0.2) is 47.6 Å². The minimum absolute atomic E-state index is 0.221. The molecule has 1 aromatic rings. The van der Waals surface area contributed by atoms with Gasteiger partial charge in [0.15, 0.2) is 0 Å². The maximum absolute atomic E-state index is 11.9. The summed E-state index contributed by atoms with van der Waals surface area (Å²) in [7, 11) is 1.45. The molecule has 0 saturated carbocycles. The van der Waals surface area contributed by atoms with E-state index >= 15 is 0 Å². The number of nitrogens with zero attached hydrogens (tertiary/aromatic N) is 1. The number of Topliss-reactive ketones (excluding diaryl/α,β-unsaturated/α-hetero) is 1. The molecule has 0 aromatic heterocycles. The van der Waals surface area contributed by atoms with E-state index in [-0.39, 0.29) is 12.1 Å². The Balaban J connectivity index is 2.29. The van der Waals surface area contributed by atoms with E-state index in [4.69, 9.17) is 9.84 Å². The number of anilines is 1. The number of carbonyl (C=O) groups excluding carboxylic acids is 2. The molecule has 106 valence electrons. The van der Waals surface area contributed by atoms with Gasteiger partial charge >= 0.3 is 5.97 Å². The number of ketones is 1. The van der Waals surface area contributed by atoms with Gasteiger partial charge in [-0.25, -0.2) is 0 Å². The SMILES string of the molecule is COc1ccc2c(c1)N(CC(O)CC(=O)O)C(=O)C2=O. The fourth-order valence-electron chi connectivity index (χ4n) is 2.06. The van der Waals surface area contributed by atoms with Gasteiger partial charge in [0, 0.05) is 6.07 Å². The molecule has 1 unspecified atom stereocenters. The quantitative estimate of drug-likeness (QED) is 0.739. The van der Waals surface area contributed by atoms with Crippen molar-refractivity contribution in [2.75, 3.05) is 18.6 Å². The molecular weight excluding hydrogens is 266 g/mol. The molecule has 0 spiro atoms. The summed E-state index contributed by atoms with van der Waals surface area (Å²) in [6.07, 6.45) is -1.75. The molecule has 1 aliphatic heterocycles. The number of hydrogen-bond acceptors (Lipinski definition) is 5. The number of amides is 1. The second-order valence-electron chi connectivity index (χ2n) is 4.38. The Hall–Kier alpha value is -2.41. The summed E-state index contributed by atoms with van der Waals surface area (Å²) in [5.74, 6) is -2.17. The van der Waals surface area contributed by atoms with E-state index in [9.17, 15) is 19.5 Å². The van der Waals surface area contributed by atoms with E-state index < -0.39 is 30.2 Å². The summed E-state index contributed by atoms with van der Waals surface area (Å²) >= 11 is 0. The van der Waals surface area contributed by atoms with Crippen molar-refractivity contribution in [3.05, 3.63) is 23.8 Å². The van der Waals surface area contributed by atoms with Crippen LogP contribution in [0.2, 0.25) is 0 Å². The molecule has 0 fully saturated rings. The molecule has 1 aromatic carbocycles. The van der Waals surface area contributed by atoms with Crippen LogP contribution in [0.25, 0.3) is 0 Å². The third-order valence-corrected chi connectivity index (χ3v) is 2.98. The highest BCUT2D eigenvalue weighted by Crippen LogP contribution is 2.32. The van der Waals surface area contributed by atoms with Crippen LogP contribution < -0.4 is 9.64 Å². The summed E-state index contributed by atoms with van der Waals surface area (Å²) in [5, 5.41) is 18.2. The third kappa shape index (κ3) is 2.48. The molecule has 2 rings (SSSR count). The summed E-state index contributed by atoms with van der Waals surface area (Å²) in [5.41, 5.74) is 0.544. The molecule has 2 N–H and O–H groups in total. The molecule has 0 radical (unpaired) electrons. The van der Waals surface area contributed by atoms with Crippen LogP contribution in [0.3, 0.4) is 0 Å². The number of carboxylic acids is 1. The van der Waals surface area contributed by atoms with Crippen LogP contribution in [-0.2, 0) is 9.59 Å². The normalized spacial score (nSPS) is 15.2. The molecular formula is C13H13NO6. The zero-order valence-corrected chi connectivity index (χ0v) is 10.7. The number of aliphatic hydroxyl groups excluding tert-OH is 1. The lowest BCUT2D eigenvalue weighted by atomic mass is 10.1. The Kier molecular flexibility index (Phi) is 3.71. The molecule has 7 heteroatoms. The van der Waals surface area contributed by atoms with Crippen molar-refractivity contribution in [1.82, 2.24) is 0 Å². The summed E-state index contributed by atoms with van der Waals surface area (Å²) in [6.45, 7) is -0.253. The van der Waals surface area contributed by atoms with Gasteiger partial charge in [0.05, 0.1) is 37.4 Å². The van der Waals surface area contributed by atoms with Crippen molar-refractivity contribution in [1.29, 1.82) is 0 Å². The van der Waals surface area contributed by atoms with Gasteiger partial charge in [-0.15, -0.1) is 0 Å². The first kappa shape index (κ1) is 14.0. The highest BCUT2D eigenvalue weighted by atomic mass is 16.5. The van der Waals surface area contributed by atoms with Gasteiger partial charge in [-0.05, 0) is 12.1 Å². The third-order valence-electron chi connectivity index (χ3n) is 2.98. The van der Waals surface area contributed by atoms with Crippen LogP contribution in [0.1, 0.15) is 16.8 Å². The number of carbonyl (C=O) groups is 3. The molecule has 1 amide bonds. The van der Waals surface area contributed by atoms with Gasteiger partial charge in [-0.2, -0.15) is 0 Å². The Morgan fingerprint density at radius 2 is 2.10 bits per heavy atom. The van der Waals surface area contributed by atoms with E-state index in [0.717, 1.165) is 4.90 Å². The highest BCUT2D eigenvalue weighted by molar-refractivity contribution is 6.52. The van der Waals surface area contributed by atoms with Crippen LogP contribution >= 0.6 is 0 Å². The predicted octanol–water partition coefficient (Wildman–Crippen LogP) is 0.0601. The number of aliphatic carboxylic acids is 1. The lowest BCUT2D eigenvalue weighted by molar-refractivity contribution is -0.139. The maximum atomic E-state index is 11.9. The van der Waals surface area contributed by atoms with Gasteiger partial charge in [0.25, 0.3) is 11.7 Å². The number of aliphatic hydroxyl groups is 1. The summed E-state index contributed by atoms with van der Waals surface area (Å²) in [6, 6.07) is 4.53. The molecule has 7 nitrogen and oxygen atoms in total. The molecule has 1 heterocycles. The number of ether oxygens (including phenoxy) is 1. The molecule has 0 saturated heterocycles. The number of hydrogen-bond donors (Lipinski definition) is 2.